The lowest BCUT2D eigenvalue weighted by molar-refractivity contribution is 0.721. The first-order chi connectivity index (χ1) is 4.31. The van der Waals surface area contributed by atoms with E-state index >= 15 is 0 Å². The van der Waals surface area contributed by atoms with Crippen LogP contribution < -0.4 is 0 Å². The Balaban J connectivity index is 3.84. The molecule has 0 aliphatic rings. The van der Waals surface area contributed by atoms with Crippen molar-refractivity contribution in [3.63, 3.8) is 0 Å². The predicted octanol–water partition coefficient (Wildman–Crippen LogP) is 2.99. The molecule has 0 atom stereocenters. The van der Waals surface area contributed by atoms with Gasteiger partial charge in [0.05, 0.1) is 6.33 Å². The largest absolute Gasteiger partial charge is 0.216 e. The lowest BCUT2D eigenvalue weighted by atomic mass is 10.2. The molecular weight excluding hydrogens is 115 g/mol. The maximum absolute atomic E-state index is 11.3. The van der Waals surface area contributed by atoms with Crippen LogP contribution in [0.25, 0.3) is 0 Å². The third kappa shape index (κ3) is 5.01. The highest BCUT2D eigenvalue weighted by Gasteiger charge is 1.73. The molecule has 0 N–H and O–H groups in total. The van der Waals surface area contributed by atoms with Crippen LogP contribution in [0.1, 0.15) is 13.8 Å². The van der Waals surface area contributed by atoms with Crippen molar-refractivity contribution in [2.75, 3.05) is 0 Å². The van der Waals surface area contributed by atoms with Crippen molar-refractivity contribution in [1.82, 2.24) is 0 Å². The first kappa shape index (κ1) is 8.15. The van der Waals surface area contributed by atoms with Crippen LogP contribution in [0.3, 0.4) is 0 Å². The number of hydrogen-bond donors (Lipinski definition) is 0. The second-order valence-corrected chi connectivity index (χ2v) is 1.73. The monoisotopic (exact) mass is 126 g/mol. The second kappa shape index (κ2) is 5.29. The van der Waals surface area contributed by atoms with Gasteiger partial charge in [0.2, 0.25) is 0 Å². The van der Waals surface area contributed by atoms with Crippen LogP contribution in [-0.4, -0.2) is 0 Å². The zero-order chi connectivity index (χ0) is 7.11. The zero-order valence-corrected chi connectivity index (χ0v) is 5.76. The van der Waals surface area contributed by atoms with Crippen LogP contribution >= 0.6 is 0 Å². The van der Waals surface area contributed by atoms with Gasteiger partial charge in [-0.1, -0.05) is 23.8 Å². The summed E-state index contributed by atoms with van der Waals surface area (Å²) in [6, 6.07) is 0. The highest BCUT2D eigenvalue weighted by atomic mass is 19.1. The molecule has 0 rings (SSSR count). The summed E-state index contributed by atoms with van der Waals surface area (Å²) in [6.45, 7) is 3.84. The Morgan fingerprint density at radius 3 is 2.56 bits per heavy atom. The molecule has 0 aromatic rings. The maximum atomic E-state index is 11.3. The van der Waals surface area contributed by atoms with E-state index < -0.39 is 0 Å². The van der Waals surface area contributed by atoms with Crippen molar-refractivity contribution in [2.45, 2.75) is 13.8 Å². The van der Waals surface area contributed by atoms with Crippen molar-refractivity contribution < 1.29 is 4.39 Å². The zero-order valence-electron chi connectivity index (χ0n) is 5.76. The average Bonchev–Trinajstić information content (AvgIpc) is 1.85. The van der Waals surface area contributed by atoms with Gasteiger partial charge in [-0.3, -0.25) is 0 Å². The van der Waals surface area contributed by atoms with Gasteiger partial charge in [-0.15, -0.1) is 0 Å². The first-order valence-corrected chi connectivity index (χ1v) is 2.87. The van der Waals surface area contributed by atoms with Crippen LogP contribution in [0.4, 0.5) is 4.39 Å². The lowest BCUT2D eigenvalue weighted by Gasteiger charge is -1.83. The van der Waals surface area contributed by atoms with E-state index in [1.807, 2.05) is 26.0 Å². The van der Waals surface area contributed by atoms with Gasteiger partial charge in [-0.05, 0) is 19.9 Å². The Bertz CT molecular complexity index is 141. The van der Waals surface area contributed by atoms with Gasteiger partial charge in [-0.25, -0.2) is 4.39 Å². The van der Waals surface area contributed by atoms with Crippen LogP contribution in [0.5, 0.6) is 0 Å². The molecular formula is C8H11F. The van der Waals surface area contributed by atoms with Crippen molar-refractivity contribution >= 4 is 0 Å². The van der Waals surface area contributed by atoms with E-state index in [4.69, 9.17) is 0 Å². The molecule has 0 aliphatic heterocycles. The van der Waals surface area contributed by atoms with E-state index in [0.29, 0.717) is 6.33 Å². The molecule has 0 heterocycles. The Labute approximate surface area is 55.4 Å². The summed E-state index contributed by atoms with van der Waals surface area (Å²) in [6.07, 6.45) is 7.43. The third-order valence-corrected chi connectivity index (χ3v) is 0.861. The molecule has 50 valence electrons. The van der Waals surface area contributed by atoms with Gasteiger partial charge < -0.3 is 0 Å². The Kier molecular flexibility index (Phi) is 4.79. The summed E-state index contributed by atoms with van der Waals surface area (Å²) < 4.78 is 11.3. The minimum atomic E-state index is 0.521. The van der Waals surface area contributed by atoms with Crippen molar-refractivity contribution in [3.05, 3.63) is 36.2 Å². The highest BCUT2D eigenvalue weighted by Crippen LogP contribution is 1.94. The molecule has 0 unspecified atom stereocenters. The third-order valence-electron chi connectivity index (χ3n) is 0.861. The summed E-state index contributed by atoms with van der Waals surface area (Å²) in [7, 11) is 0. The molecule has 9 heavy (non-hydrogen) atoms. The summed E-state index contributed by atoms with van der Waals surface area (Å²) in [5.74, 6) is 0. The molecule has 0 aromatic carbocycles. The standard InChI is InChI=1S/C8H11F/c1-3-5-8(2)6-4-7-9/h3-7H,1-2H3/b5-3-,7-4+,8-6-. The molecule has 0 aliphatic carbocycles. The summed E-state index contributed by atoms with van der Waals surface area (Å²) in [4.78, 5) is 0. The van der Waals surface area contributed by atoms with Crippen LogP contribution in [0, 0.1) is 0 Å². The predicted molar refractivity (Wildman–Crippen MR) is 38.8 cm³/mol. The van der Waals surface area contributed by atoms with Crippen LogP contribution in [0.2, 0.25) is 0 Å². The second-order valence-electron chi connectivity index (χ2n) is 1.73. The summed E-state index contributed by atoms with van der Waals surface area (Å²) in [5.41, 5.74) is 1.05. The summed E-state index contributed by atoms with van der Waals surface area (Å²) in [5, 5.41) is 0. The molecule has 0 saturated carbocycles. The Morgan fingerprint density at radius 1 is 1.44 bits per heavy atom. The van der Waals surface area contributed by atoms with Gasteiger partial charge in [-0.2, -0.15) is 0 Å². The van der Waals surface area contributed by atoms with E-state index in [2.05, 4.69) is 0 Å². The average molecular weight is 126 g/mol. The van der Waals surface area contributed by atoms with Crippen LogP contribution in [-0.2, 0) is 0 Å². The van der Waals surface area contributed by atoms with E-state index in [9.17, 15) is 4.39 Å². The molecule has 0 saturated heterocycles. The minimum absolute atomic E-state index is 0.521. The molecule has 0 aromatic heterocycles. The molecule has 0 amide bonds. The maximum Gasteiger partial charge on any atom is 0.0867 e. The summed E-state index contributed by atoms with van der Waals surface area (Å²) >= 11 is 0. The fraction of sp³-hybridized carbons (Fsp3) is 0.250. The molecule has 1 heteroatoms. The fourth-order valence-corrected chi connectivity index (χ4v) is 0.507. The molecule has 0 spiro atoms. The van der Waals surface area contributed by atoms with Gasteiger partial charge >= 0.3 is 0 Å². The molecule has 0 nitrogen and oxygen atoms in total. The quantitative estimate of drug-likeness (QED) is 0.499. The topological polar surface area (TPSA) is 0 Å². The van der Waals surface area contributed by atoms with Gasteiger partial charge in [0.25, 0.3) is 0 Å². The minimum Gasteiger partial charge on any atom is -0.216 e. The number of allylic oxidation sites excluding steroid dienone is 5. The first-order valence-electron chi connectivity index (χ1n) is 2.87. The van der Waals surface area contributed by atoms with Crippen molar-refractivity contribution in [1.29, 1.82) is 0 Å². The Hall–Kier alpha value is -0.850. The fourth-order valence-electron chi connectivity index (χ4n) is 0.507. The van der Waals surface area contributed by atoms with Gasteiger partial charge in [0.1, 0.15) is 0 Å². The number of rotatable bonds is 2. The van der Waals surface area contributed by atoms with E-state index in [-0.39, 0.29) is 0 Å². The van der Waals surface area contributed by atoms with Crippen molar-refractivity contribution in [3.8, 4) is 0 Å². The number of halogens is 1. The Morgan fingerprint density at radius 2 is 2.11 bits per heavy atom. The molecule has 0 fully saturated rings. The van der Waals surface area contributed by atoms with Gasteiger partial charge in [0, 0.05) is 0 Å². The molecule has 0 radical (unpaired) electrons. The highest BCUT2D eigenvalue weighted by molar-refractivity contribution is 5.20. The smallest absolute Gasteiger partial charge is 0.0867 e. The van der Waals surface area contributed by atoms with E-state index in [1.165, 1.54) is 6.08 Å². The SMILES string of the molecule is C\C=C/C(C)=C\C=C\F. The van der Waals surface area contributed by atoms with Gasteiger partial charge in [0.15, 0.2) is 0 Å². The normalized spacial score (nSPS) is 13.9. The number of hydrogen-bond acceptors (Lipinski definition) is 0. The van der Waals surface area contributed by atoms with E-state index in [1.54, 1.807) is 6.08 Å². The molecule has 0 bridgehead atoms. The lowest BCUT2D eigenvalue weighted by Crippen LogP contribution is -1.62. The van der Waals surface area contributed by atoms with E-state index in [0.717, 1.165) is 5.57 Å². The van der Waals surface area contributed by atoms with Crippen LogP contribution in [0.15, 0.2) is 36.2 Å². The van der Waals surface area contributed by atoms with Crippen molar-refractivity contribution in [2.24, 2.45) is 0 Å².